The molecule has 96 valence electrons. The van der Waals surface area contributed by atoms with Crippen LogP contribution in [0.4, 0.5) is 13.2 Å². The average Bonchev–Trinajstić information content (AvgIpc) is 2.74. The summed E-state index contributed by atoms with van der Waals surface area (Å²) in [5, 5.41) is 4.26. The number of aryl methyl sites for hydroxylation is 1. The standard InChI is InChI=1S/C12H10BrF3N2/c1-8-4-5-18(17-8)10-3-2-9(7-13)11(6-10)12(14,15)16/h2-6H,7H2,1H3. The van der Waals surface area contributed by atoms with Gasteiger partial charge in [-0.25, -0.2) is 4.68 Å². The lowest BCUT2D eigenvalue weighted by molar-refractivity contribution is -0.138. The van der Waals surface area contributed by atoms with Crippen LogP contribution >= 0.6 is 15.9 Å². The number of nitrogens with zero attached hydrogens (tertiary/aromatic N) is 2. The van der Waals surface area contributed by atoms with Crippen LogP contribution in [-0.2, 0) is 11.5 Å². The van der Waals surface area contributed by atoms with Crippen LogP contribution in [0.1, 0.15) is 16.8 Å². The van der Waals surface area contributed by atoms with E-state index in [1.165, 1.54) is 10.7 Å². The van der Waals surface area contributed by atoms with Gasteiger partial charge in [-0.2, -0.15) is 18.3 Å². The van der Waals surface area contributed by atoms with Crippen LogP contribution in [0.3, 0.4) is 0 Å². The maximum Gasteiger partial charge on any atom is 0.416 e. The molecule has 2 rings (SSSR count). The summed E-state index contributed by atoms with van der Waals surface area (Å²) in [7, 11) is 0. The Bertz CT molecular complexity index is 561. The van der Waals surface area contributed by atoms with Gasteiger partial charge in [0.25, 0.3) is 0 Å². The monoisotopic (exact) mass is 318 g/mol. The Kier molecular flexibility index (Phi) is 3.47. The Hall–Kier alpha value is -1.30. The molecule has 0 N–H and O–H groups in total. The molecule has 0 saturated carbocycles. The quantitative estimate of drug-likeness (QED) is 0.762. The first kappa shape index (κ1) is 13.1. The van der Waals surface area contributed by atoms with Gasteiger partial charge in [-0.05, 0) is 30.7 Å². The van der Waals surface area contributed by atoms with Crippen molar-refractivity contribution in [2.75, 3.05) is 0 Å². The fourth-order valence-electron chi connectivity index (χ4n) is 1.65. The summed E-state index contributed by atoms with van der Waals surface area (Å²) in [6.45, 7) is 1.79. The molecule has 1 heterocycles. The minimum Gasteiger partial charge on any atom is -0.241 e. The molecule has 0 fully saturated rings. The van der Waals surface area contributed by atoms with Crippen molar-refractivity contribution in [2.45, 2.75) is 18.4 Å². The third-order valence-electron chi connectivity index (χ3n) is 2.53. The molecule has 2 nitrogen and oxygen atoms in total. The van der Waals surface area contributed by atoms with E-state index in [4.69, 9.17) is 0 Å². The lowest BCUT2D eigenvalue weighted by atomic mass is 10.1. The van der Waals surface area contributed by atoms with Crippen LogP contribution < -0.4 is 0 Å². The van der Waals surface area contributed by atoms with E-state index in [0.717, 1.165) is 11.8 Å². The zero-order chi connectivity index (χ0) is 13.3. The van der Waals surface area contributed by atoms with E-state index in [-0.39, 0.29) is 10.9 Å². The zero-order valence-corrected chi connectivity index (χ0v) is 11.1. The van der Waals surface area contributed by atoms with E-state index in [0.29, 0.717) is 5.69 Å². The molecule has 0 saturated heterocycles. The second-order valence-corrected chi connectivity index (χ2v) is 4.44. The molecule has 0 aliphatic carbocycles. The normalized spacial score (nSPS) is 11.8. The van der Waals surface area contributed by atoms with Gasteiger partial charge in [-0.15, -0.1) is 0 Å². The van der Waals surface area contributed by atoms with Crippen molar-refractivity contribution in [2.24, 2.45) is 0 Å². The van der Waals surface area contributed by atoms with Crippen LogP contribution in [0.2, 0.25) is 0 Å². The molecular formula is C12H10BrF3N2. The van der Waals surface area contributed by atoms with Crippen LogP contribution in [0.25, 0.3) is 5.69 Å². The third-order valence-corrected chi connectivity index (χ3v) is 3.13. The predicted octanol–water partition coefficient (Wildman–Crippen LogP) is 4.09. The Labute approximate surface area is 111 Å². The highest BCUT2D eigenvalue weighted by molar-refractivity contribution is 9.08. The van der Waals surface area contributed by atoms with Gasteiger partial charge in [-0.1, -0.05) is 22.0 Å². The number of aromatic nitrogens is 2. The molecule has 0 amide bonds. The van der Waals surface area contributed by atoms with Gasteiger partial charge in [0.05, 0.1) is 16.9 Å². The molecule has 6 heteroatoms. The summed E-state index contributed by atoms with van der Waals surface area (Å²) in [6.07, 6.45) is -2.72. The van der Waals surface area contributed by atoms with Gasteiger partial charge in [0.2, 0.25) is 0 Å². The van der Waals surface area contributed by atoms with Gasteiger partial charge in [-0.3, -0.25) is 0 Å². The lowest BCUT2D eigenvalue weighted by Gasteiger charge is -2.13. The van der Waals surface area contributed by atoms with Crippen molar-refractivity contribution >= 4 is 15.9 Å². The van der Waals surface area contributed by atoms with Gasteiger partial charge >= 0.3 is 6.18 Å². The molecule has 0 unspecified atom stereocenters. The highest BCUT2D eigenvalue weighted by Gasteiger charge is 2.33. The van der Waals surface area contributed by atoms with Gasteiger partial charge in [0.15, 0.2) is 0 Å². The Morgan fingerprint density at radius 1 is 1.28 bits per heavy atom. The first-order valence-corrected chi connectivity index (χ1v) is 6.32. The van der Waals surface area contributed by atoms with E-state index in [1.807, 2.05) is 0 Å². The van der Waals surface area contributed by atoms with Crippen LogP contribution in [0, 0.1) is 6.92 Å². The number of benzene rings is 1. The predicted molar refractivity (Wildman–Crippen MR) is 65.9 cm³/mol. The van der Waals surface area contributed by atoms with Crippen LogP contribution in [0.15, 0.2) is 30.5 Å². The minimum atomic E-state index is -4.36. The summed E-state index contributed by atoms with van der Waals surface area (Å²) < 4.78 is 40.1. The van der Waals surface area contributed by atoms with Gasteiger partial charge < -0.3 is 0 Å². The van der Waals surface area contributed by atoms with Gasteiger partial charge in [0.1, 0.15) is 0 Å². The SMILES string of the molecule is Cc1ccn(-c2ccc(CBr)c(C(F)(F)F)c2)n1. The molecule has 0 spiro atoms. The highest BCUT2D eigenvalue weighted by Crippen LogP contribution is 2.34. The van der Waals surface area contributed by atoms with Crippen molar-refractivity contribution < 1.29 is 13.2 Å². The topological polar surface area (TPSA) is 17.8 Å². The lowest BCUT2D eigenvalue weighted by Crippen LogP contribution is -2.10. The maximum absolute atomic E-state index is 12.9. The first-order valence-electron chi connectivity index (χ1n) is 5.20. The molecule has 0 aliphatic rings. The van der Waals surface area contributed by atoms with Crippen molar-refractivity contribution in [3.63, 3.8) is 0 Å². The van der Waals surface area contributed by atoms with Gasteiger partial charge in [0, 0.05) is 11.5 Å². The molecule has 18 heavy (non-hydrogen) atoms. The first-order chi connectivity index (χ1) is 8.41. The molecule has 0 atom stereocenters. The number of halogens is 4. The van der Waals surface area contributed by atoms with E-state index in [1.54, 1.807) is 25.3 Å². The van der Waals surface area contributed by atoms with E-state index < -0.39 is 11.7 Å². The van der Waals surface area contributed by atoms with E-state index in [2.05, 4.69) is 21.0 Å². The molecule has 0 bridgehead atoms. The number of rotatable bonds is 2. The summed E-state index contributed by atoms with van der Waals surface area (Å²) in [5.41, 5.74) is 0.744. The fourth-order valence-corrected chi connectivity index (χ4v) is 2.14. The molecule has 0 radical (unpaired) electrons. The van der Waals surface area contributed by atoms with E-state index in [9.17, 15) is 13.2 Å². The maximum atomic E-state index is 12.9. The van der Waals surface area contributed by atoms with Crippen molar-refractivity contribution in [1.82, 2.24) is 9.78 Å². The van der Waals surface area contributed by atoms with Crippen LogP contribution in [-0.4, -0.2) is 9.78 Å². The number of hydrogen-bond donors (Lipinski definition) is 0. The summed E-state index contributed by atoms with van der Waals surface area (Å²) in [6, 6.07) is 5.94. The number of alkyl halides is 4. The largest absolute Gasteiger partial charge is 0.416 e. The molecule has 1 aromatic carbocycles. The third kappa shape index (κ3) is 2.58. The Balaban J connectivity index is 2.52. The second kappa shape index (κ2) is 4.76. The van der Waals surface area contributed by atoms with Crippen LogP contribution in [0.5, 0.6) is 0 Å². The summed E-state index contributed by atoms with van der Waals surface area (Å²) in [4.78, 5) is 0. The second-order valence-electron chi connectivity index (χ2n) is 3.87. The minimum absolute atomic E-state index is 0.167. The smallest absolute Gasteiger partial charge is 0.241 e. The molecule has 0 aliphatic heterocycles. The Morgan fingerprint density at radius 3 is 2.50 bits per heavy atom. The molecular weight excluding hydrogens is 309 g/mol. The highest BCUT2D eigenvalue weighted by atomic mass is 79.9. The zero-order valence-electron chi connectivity index (χ0n) is 9.50. The van der Waals surface area contributed by atoms with Crippen molar-refractivity contribution in [3.05, 3.63) is 47.3 Å². The molecule has 1 aromatic heterocycles. The molecule has 2 aromatic rings. The van der Waals surface area contributed by atoms with Crippen molar-refractivity contribution in [3.8, 4) is 5.69 Å². The fraction of sp³-hybridized carbons (Fsp3) is 0.250. The summed E-state index contributed by atoms with van der Waals surface area (Å²) in [5.74, 6) is 0. The van der Waals surface area contributed by atoms with Crippen molar-refractivity contribution in [1.29, 1.82) is 0 Å². The Morgan fingerprint density at radius 2 is 2.00 bits per heavy atom. The number of hydrogen-bond acceptors (Lipinski definition) is 1. The van der Waals surface area contributed by atoms with E-state index >= 15 is 0 Å². The summed E-state index contributed by atoms with van der Waals surface area (Å²) >= 11 is 3.06. The average molecular weight is 319 g/mol.